The Morgan fingerprint density at radius 3 is 0.600 bits per heavy atom. The third-order valence-electron chi connectivity index (χ3n) is 0. The van der Waals surface area contributed by atoms with Crippen molar-refractivity contribution < 1.29 is 129 Å². The third kappa shape index (κ3) is 17.9. The smallest absolute Gasteiger partial charge is 1.00 e. The molecular weight excluding hydrogens is 604 g/mol. The van der Waals surface area contributed by atoms with Gasteiger partial charge in [-0.25, -0.2) is 0 Å². The van der Waals surface area contributed by atoms with Crippen LogP contribution in [0.3, 0.4) is 0 Å². The van der Waals surface area contributed by atoms with Crippen molar-refractivity contribution in [2.24, 2.45) is 0 Å². The Hall–Kier alpha value is 4.13. The maximum Gasteiger partial charge on any atom is 2.00 e. The summed E-state index contributed by atoms with van der Waals surface area (Å²) in [5.41, 5.74) is 0. The van der Waals surface area contributed by atoms with E-state index in [9.17, 15) is 0 Å². The van der Waals surface area contributed by atoms with Gasteiger partial charge in [-0.15, -0.1) is 0 Å². The fourth-order valence-corrected chi connectivity index (χ4v) is 0. The Morgan fingerprint density at radius 1 is 0.600 bits per heavy atom. The molecule has 0 atom stereocenters. The topological polar surface area (TPSA) is 0 Å². The van der Waals surface area contributed by atoms with Gasteiger partial charge in [-0.1, -0.05) is 0 Å². The molecule has 0 bridgehead atoms. The summed E-state index contributed by atoms with van der Waals surface area (Å²) >= 11 is 0. The minimum absolute atomic E-state index is 0. The summed E-state index contributed by atoms with van der Waals surface area (Å²) in [6, 6.07) is 0. The van der Waals surface area contributed by atoms with Gasteiger partial charge in [-0.3, -0.25) is 0 Å². The monoisotopic (exact) mass is 606 g/mol. The molecule has 0 aromatic heterocycles. The van der Waals surface area contributed by atoms with E-state index in [-0.39, 0.29) is 129 Å². The number of hydrogen-bond donors (Lipinski definition) is 0. The van der Waals surface area contributed by atoms with Gasteiger partial charge in [0, 0.05) is 0 Å². The molecule has 0 radical (unpaired) electrons. The second kappa shape index (κ2) is 24.2. The second-order valence-electron chi connectivity index (χ2n) is 0. The zero-order valence-electron chi connectivity index (χ0n) is 2.84. The first-order chi connectivity index (χ1) is 0. The van der Waals surface area contributed by atoms with E-state index in [1.165, 1.54) is 0 Å². The van der Waals surface area contributed by atoms with E-state index < -0.39 is 0 Å². The minimum atomic E-state index is 0. The number of halogens is 3. The minimum Gasteiger partial charge on any atom is -1.00 e. The van der Waals surface area contributed by atoms with Crippen LogP contribution in [0, 0.1) is 0 Å². The molecule has 0 saturated carbocycles. The molecule has 24 valence electrons. The van der Waals surface area contributed by atoms with Crippen molar-refractivity contribution in [1.29, 1.82) is 0 Å². The maximum absolute atomic E-state index is 0. The summed E-state index contributed by atoms with van der Waals surface area (Å²) in [5.74, 6) is 0. The summed E-state index contributed by atoms with van der Waals surface area (Å²) in [6.45, 7) is 0. The standard InChI is InChI=1S/Hg.3HI.Na/h;3*1H;/q+2;;;;+1/p-3. The van der Waals surface area contributed by atoms with Crippen molar-refractivity contribution in [3.63, 3.8) is 0 Å². The molecule has 0 aliphatic rings. The number of rotatable bonds is 0. The zero-order valence-corrected chi connectivity index (χ0v) is 16.8. The van der Waals surface area contributed by atoms with Gasteiger partial charge < -0.3 is 71.9 Å². The summed E-state index contributed by atoms with van der Waals surface area (Å²) in [7, 11) is 0. The molecule has 0 fully saturated rings. The Morgan fingerprint density at radius 2 is 0.600 bits per heavy atom. The first kappa shape index (κ1) is 35.4. The van der Waals surface area contributed by atoms with E-state index in [4.69, 9.17) is 0 Å². The molecule has 5 heteroatoms. The van der Waals surface area contributed by atoms with Crippen molar-refractivity contribution in [3.8, 4) is 0 Å². The van der Waals surface area contributed by atoms with Gasteiger partial charge in [0.05, 0.1) is 0 Å². The fourth-order valence-electron chi connectivity index (χ4n) is 0. The molecule has 0 aromatic carbocycles. The van der Waals surface area contributed by atoms with Gasteiger partial charge in [0.15, 0.2) is 0 Å². The van der Waals surface area contributed by atoms with Crippen molar-refractivity contribution >= 4 is 0 Å². The molecule has 5 heavy (non-hydrogen) atoms. The zero-order chi connectivity index (χ0) is 0. The van der Waals surface area contributed by atoms with Crippen LogP contribution in [0.4, 0.5) is 0 Å². The van der Waals surface area contributed by atoms with E-state index in [1.54, 1.807) is 0 Å². The average molecular weight is 604 g/mol. The first-order valence-corrected chi connectivity index (χ1v) is 0. The summed E-state index contributed by atoms with van der Waals surface area (Å²) in [5, 5.41) is 0. The molecule has 0 unspecified atom stereocenters. The summed E-state index contributed by atoms with van der Waals surface area (Å²) < 4.78 is 0. The van der Waals surface area contributed by atoms with E-state index in [0.29, 0.717) is 0 Å². The molecule has 0 saturated heterocycles. The van der Waals surface area contributed by atoms with Crippen LogP contribution in [-0.4, -0.2) is 0 Å². The molecule has 0 heterocycles. The Bertz CT molecular complexity index is 6.85. The van der Waals surface area contributed by atoms with Crippen LogP contribution >= 0.6 is 0 Å². The molecule has 0 amide bonds. The third-order valence-corrected chi connectivity index (χ3v) is 0. The SMILES string of the molecule is [Hg+2].[I-].[I-].[I-].[Na+]. The predicted molar refractivity (Wildman–Crippen MR) is 0 cm³/mol. The Labute approximate surface area is 126 Å². The normalized spacial score (nSPS) is 0. The number of hydrogen-bond acceptors (Lipinski definition) is 0. The molecule has 0 nitrogen and oxygen atoms in total. The second-order valence-corrected chi connectivity index (χ2v) is 0. The molecular formula is HgI3Na. The van der Waals surface area contributed by atoms with Crippen LogP contribution in [0.15, 0.2) is 0 Å². The van der Waals surface area contributed by atoms with Gasteiger partial charge in [0.1, 0.15) is 0 Å². The van der Waals surface area contributed by atoms with Crippen LogP contribution in [0.25, 0.3) is 0 Å². The summed E-state index contributed by atoms with van der Waals surface area (Å²) in [6.07, 6.45) is 0. The maximum atomic E-state index is 0. The quantitative estimate of drug-likeness (QED) is 0.191. The molecule has 0 N–H and O–H groups in total. The van der Waals surface area contributed by atoms with Crippen molar-refractivity contribution in [2.75, 3.05) is 0 Å². The van der Waals surface area contributed by atoms with Crippen LogP contribution < -0.4 is 101 Å². The van der Waals surface area contributed by atoms with Crippen LogP contribution in [0.2, 0.25) is 0 Å². The Kier molecular flexibility index (Phi) is 172. The predicted octanol–water partition coefficient (Wildman–Crippen LogP) is -12.0. The molecule has 0 aromatic rings. The fraction of sp³-hybridized carbons (Fsp3) is 0. The molecule has 0 aliphatic carbocycles. The van der Waals surface area contributed by atoms with Gasteiger partial charge >= 0.3 is 57.2 Å². The van der Waals surface area contributed by atoms with E-state index >= 15 is 0 Å². The molecule has 0 aliphatic heterocycles. The average Bonchev–Trinajstić information content (AvgIpc) is 0. The van der Waals surface area contributed by atoms with E-state index in [0.717, 1.165) is 0 Å². The van der Waals surface area contributed by atoms with Crippen LogP contribution in [0.1, 0.15) is 0 Å². The van der Waals surface area contributed by atoms with E-state index in [1.807, 2.05) is 0 Å². The van der Waals surface area contributed by atoms with Gasteiger partial charge in [0.25, 0.3) is 0 Å². The van der Waals surface area contributed by atoms with Crippen LogP contribution in [-0.2, 0) is 27.7 Å². The Balaban J connectivity index is 0. The first-order valence-electron chi connectivity index (χ1n) is 0. The van der Waals surface area contributed by atoms with Crippen LogP contribution in [0.5, 0.6) is 0 Å². The molecule has 0 rings (SSSR count). The van der Waals surface area contributed by atoms with Gasteiger partial charge in [-0.05, 0) is 0 Å². The van der Waals surface area contributed by atoms with Crippen molar-refractivity contribution in [3.05, 3.63) is 0 Å². The van der Waals surface area contributed by atoms with Gasteiger partial charge in [0.2, 0.25) is 0 Å². The van der Waals surface area contributed by atoms with Crippen molar-refractivity contribution in [2.45, 2.75) is 0 Å². The largest absolute Gasteiger partial charge is 2.00 e. The summed E-state index contributed by atoms with van der Waals surface area (Å²) in [4.78, 5) is 0. The van der Waals surface area contributed by atoms with Crippen molar-refractivity contribution in [1.82, 2.24) is 0 Å². The van der Waals surface area contributed by atoms with E-state index in [2.05, 4.69) is 0 Å². The van der Waals surface area contributed by atoms with Gasteiger partial charge in [-0.2, -0.15) is 0 Å². The molecule has 0 spiro atoms.